The summed E-state index contributed by atoms with van der Waals surface area (Å²) in [6.07, 6.45) is 0. The van der Waals surface area contributed by atoms with Gasteiger partial charge in [0.1, 0.15) is 0 Å². The van der Waals surface area contributed by atoms with E-state index in [9.17, 15) is 4.79 Å². The molecule has 21 heavy (non-hydrogen) atoms. The lowest BCUT2D eigenvalue weighted by molar-refractivity contribution is 0.103. The summed E-state index contributed by atoms with van der Waals surface area (Å²) in [5.41, 5.74) is 2.08. The van der Waals surface area contributed by atoms with E-state index >= 15 is 0 Å². The van der Waals surface area contributed by atoms with Crippen LogP contribution in [0.2, 0.25) is 0 Å². The molecular formula is C17H18O4. The Morgan fingerprint density at radius 1 is 0.905 bits per heavy atom. The Morgan fingerprint density at radius 3 is 2.19 bits per heavy atom. The van der Waals surface area contributed by atoms with Gasteiger partial charge in [-0.2, -0.15) is 0 Å². The number of ketones is 1. The van der Waals surface area contributed by atoms with Gasteiger partial charge in [-0.25, -0.2) is 0 Å². The fraction of sp³-hybridized carbons (Fsp3) is 0.235. The third-order valence-corrected chi connectivity index (χ3v) is 3.23. The summed E-state index contributed by atoms with van der Waals surface area (Å²) in [6, 6.07) is 10.8. The van der Waals surface area contributed by atoms with Crippen molar-refractivity contribution in [3.05, 3.63) is 53.1 Å². The molecule has 0 N–H and O–H groups in total. The highest BCUT2D eigenvalue weighted by molar-refractivity contribution is 6.11. The van der Waals surface area contributed by atoms with E-state index in [2.05, 4.69) is 0 Å². The first kappa shape index (κ1) is 14.9. The van der Waals surface area contributed by atoms with Gasteiger partial charge in [-0.05, 0) is 25.1 Å². The molecule has 2 aromatic carbocycles. The SMILES string of the molecule is COc1ccc(C(=O)c2cccc(C)c2)c(OC)c1OC. The van der Waals surface area contributed by atoms with Crippen molar-refractivity contribution in [1.29, 1.82) is 0 Å². The molecule has 4 heteroatoms. The van der Waals surface area contributed by atoms with Crippen molar-refractivity contribution in [2.45, 2.75) is 6.92 Å². The molecule has 0 bridgehead atoms. The number of hydrogen-bond donors (Lipinski definition) is 0. The summed E-state index contributed by atoms with van der Waals surface area (Å²) in [6.45, 7) is 1.95. The number of methoxy groups -OCH3 is 3. The number of benzene rings is 2. The maximum Gasteiger partial charge on any atom is 0.204 e. The number of hydrogen-bond acceptors (Lipinski definition) is 4. The monoisotopic (exact) mass is 286 g/mol. The van der Waals surface area contributed by atoms with Crippen LogP contribution in [-0.4, -0.2) is 27.1 Å². The highest BCUT2D eigenvalue weighted by Crippen LogP contribution is 2.40. The summed E-state index contributed by atoms with van der Waals surface area (Å²) in [5, 5.41) is 0. The topological polar surface area (TPSA) is 44.8 Å². The van der Waals surface area contributed by atoms with Crippen LogP contribution in [0, 0.1) is 6.92 Å². The number of ether oxygens (including phenoxy) is 3. The Balaban J connectivity index is 2.56. The van der Waals surface area contributed by atoms with Gasteiger partial charge >= 0.3 is 0 Å². The molecule has 0 amide bonds. The fourth-order valence-corrected chi connectivity index (χ4v) is 2.22. The van der Waals surface area contributed by atoms with Crippen molar-refractivity contribution in [3.63, 3.8) is 0 Å². The van der Waals surface area contributed by atoms with Crippen LogP contribution in [0.15, 0.2) is 36.4 Å². The van der Waals surface area contributed by atoms with Crippen LogP contribution in [-0.2, 0) is 0 Å². The Kier molecular flexibility index (Phi) is 4.48. The number of carbonyl (C=O) groups excluding carboxylic acids is 1. The molecule has 0 aliphatic carbocycles. The zero-order valence-electron chi connectivity index (χ0n) is 12.6. The van der Waals surface area contributed by atoms with Crippen molar-refractivity contribution >= 4 is 5.78 Å². The van der Waals surface area contributed by atoms with Crippen LogP contribution >= 0.6 is 0 Å². The molecule has 2 rings (SSSR count). The third-order valence-electron chi connectivity index (χ3n) is 3.23. The van der Waals surface area contributed by atoms with Gasteiger partial charge in [0.25, 0.3) is 0 Å². The van der Waals surface area contributed by atoms with E-state index in [0.717, 1.165) is 5.56 Å². The van der Waals surface area contributed by atoms with Crippen LogP contribution < -0.4 is 14.2 Å². The molecule has 0 atom stereocenters. The molecule has 4 nitrogen and oxygen atoms in total. The zero-order chi connectivity index (χ0) is 15.4. The third kappa shape index (κ3) is 2.84. The van der Waals surface area contributed by atoms with Crippen molar-refractivity contribution in [2.24, 2.45) is 0 Å². The number of aryl methyl sites for hydroxylation is 1. The van der Waals surface area contributed by atoms with Gasteiger partial charge in [-0.15, -0.1) is 0 Å². The van der Waals surface area contributed by atoms with Gasteiger partial charge in [0.05, 0.1) is 26.9 Å². The molecule has 0 spiro atoms. The van der Waals surface area contributed by atoms with Crippen LogP contribution in [0.5, 0.6) is 17.2 Å². The van der Waals surface area contributed by atoms with Crippen molar-refractivity contribution in [1.82, 2.24) is 0 Å². The standard InChI is InChI=1S/C17H18O4/c1-11-6-5-7-12(10-11)15(18)13-8-9-14(19-2)17(21-4)16(13)20-3/h5-10H,1-4H3. The molecule has 0 heterocycles. The minimum absolute atomic E-state index is 0.114. The van der Waals surface area contributed by atoms with Gasteiger partial charge in [0, 0.05) is 5.56 Å². The first-order valence-electron chi connectivity index (χ1n) is 6.52. The van der Waals surface area contributed by atoms with E-state index in [4.69, 9.17) is 14.2 Å². The molecule has 0 radical (unpaired) electrons. The summed E-state index contributed by atoms with van der Waals surface area (Å²) in [7, 11) is 4.56. The van der Waals surface area contributed by atoms with E-state index in [0.29, 0.717) is 28.4 Å². The average Bonchev–Trinajstić information content (AvgIpc) is 2.52. The van der Waals surface area contributed by atoms with E-state index < -0.39 is 0 Å². The molecule has 0 fully saturated rings. The maximum absolute atomic E-state index is 12.7. The summed E-state index contributed by atoms with van der Waals surface area (Å²) in [5.74, 6) is 1.20. The Labute approximate surface area is 124 Å². The lowest BCUT2D eigenvalue weighted by atomic mass is 10.0. The summed E-state index contributed by atoms with van der Waals surface area (Å²) >= 11 is 0. The largest absolute Gasteiger partial charge is 0.493 e. The molecular weight excluding hydrogens is 268 g/mol. The van der Waals surface area contributed by atoms with Crippen molar-refractivity contribution in [3.8, 4) is 17.2 Å². The van der Waals surface area contributed by atoms with E-state index in [1.807, 2.05) is 25.1 Å². The maximum atomic E-state index is 12.7. The summed E-state index contributed by atoms with van der Waals surface area (Å²) < 4.78 is 15.9. The van der Waals surface area contributed by atoms with Gasteiger partial charge < -0.3 is 14.2 Å². The lowest BCUT2D eigenvalue weighted by Crippen LogP contribution is -2.06. The molecule has 0 saturated carbocycles. The highest BCUT2D eigenvalue weighted by Gasteiger charge is 2.21. The second-order valence-electron chi connectivity index (χ2n) is 4.58. The Hall–Kier alpha value is -2.49. The molecule has 2 aromatic rings. The van der Waals surface area contributed by atoms with Crippen LogP contribution in [0.4, 0.5) is 0 Å². The Bertz CT molecular complexity index is 662. The number of rotatable bonds is 5. The van der Waals surface area contributed by atoms with Crippen molar-refractivity contribution < 1.29 is 19.0 Å². The van der Waals surface area contributed by atoms with Gasteiger partial charge in [0.2, 0.25) is 5.75 Å². The van der Waals surface area contributed by atoms with Crippen LogP contribution in [0.3, 0.4) is 0 Å². The predicted molar refractivity (Wildman–Crippen MR) is 80.7 cm³/mol. The smallest absolute Gasteiger partial charge is 0.204 e. The molecule has 110 valence electrons. The molecule has 0 aliphatic heterocycles. The fourth-order valence-electron chi connectivity index (χ4n) is 2.22. The van der Waals surface area contributed by atoms with E-state index in [1.54, 1.807) is 25.3 Å². The minimum atomic E-state index is -0.114. The average molecular weight is 286 g/mol. The predicted octanol–water partition coefficient (Wildman–Crippen LogP) is 3.25. The van der Waals surface area contributed by atoms with E-state index in [-0.39, 0.29) is 5.78 Å². The Morgan fingerprint density at radius 2 is 1.62 bits per heavy atom. The summed E-state index contributed by atoms with van der Waals surface area (Å²) in [4.78, 5) is 12.7. The van der Waals surface area contributed by atoms with Crippen LogP contribution in [0.25, 0.3) is 0 Å². The minimum Gasteiger partial charge on any atom is -0.493 e. The highest BCUT2D eigenvalue weighted by atomic mass is 16.5. The second kappa shape index (κ2) is 6.31. The van der Waals surface area contributed by atoms with Crippen molar-refractivity contribution in [2.75, 3.05) is 21.3 Å². The normalized spacial score (nSPS) is 10.1. The molecule has 0 saturated heterocycles. The van der Waals surface area contributed by atoms with Gasteiger partial charge in [-0.3, -0.25) is 4.79 Å². The lowest BCUT2D eigenvalue weighted by Gasteiger charge is -2.15. The molecule has 0 unspecified atom stereocenters. The van der Waals surface area contributed by atoms with Gasteiger partial charge in [-0.1, -0.05) is 23.8 Å². The first-order chi connectivity index (χ1) is 10.1. The van der Waals surface area contributed by atoms with Crippen LogP contribution in [0.1, 0.15) is 21.5 Å². The zero-order valence-corrected chi connectivity index (χ0v) is 12.6. The molecule has 0 aliphatic rings. The second-order valence-corrected chi connectivity index (χ2v) is 4.58. The quantitative estimate of drug-likeness (QED) is 0.791. The van der Waals surface area contributed by atoms with Gasteiger partial charge in [0.15, 0.2) is 17.3 Å². The molecule has 0 aromatic heterocycles. The van der Waals surface area contributed by atoms with E-state index in [1.165, 1.54) is 14.2 Å². The number of carbonyl (C=O) groups is 1. The first-order valence-corrected chi connectivity index (χ1v) is 6.52.